The third kappa shape index (κ3) is 7.19. The maximum absolute atomic E-state index is 12.5. The van der Waals surface area contributed by atoms with Crippen molar-refractivity contribution in [3.05, 3.63) is 69.1 Å². The molecule has 0 bridgehead atoms. The van der Waals surface area contributed by atoms with Crippen molar-refractivity contribution >= 4 is 49.6 Å². The first-order chi connectivity index (χ1) is 13.8. The van der Waals surface area contributed by atoms with Crippen LogP contribution in [0.2, 0.25) is 0 Å². The van der Waals surface area contributed by atoms with E-state index in [9.17, 15) is 14.7 Å². The minimum absolute atomic E-state index is 0.122. The van der Waals surface area contributed by atoms with Gasteiger partial charge in [0, 0.05) is 32.9 Å². The lowest BCUT2D eigenvalue weighted by Crippen LogP contribution is -2.28. The quantitative estimate of drug-likeness (QED) is 0.404. The molecule has 9 heteroatoms. The molecular formula is C20H19Br2NO6. The van der Waals surface area contributed by atoms with E-state index in [0.717, 1.165) is 10.5 Å². The summed E-state index contributed by atoms with van der Waals surface area (Å²) in [5.74, 6) is -1.30. The Labute approximate surface area is 184 Å². The fourth-order valence-corrected chi connectivity index (χ4v) is 3.11. The van der Waals surface area contributed by atoms with Gasteiger partial charge < -0.3 is 19.7 Å². The molecule has 0 aliphatic heterocycles. The minimum Gasteiger partial charge on any atom is -0.508 e. The monoisotopic (exact) mass is 527 g/mol. The normalized spacial score (nSPS) is 13.1. The van der Waals surface area contributed by atoms with E-state index in [1.54, 1.807) is 43.3 Å². The zero-order valence-electron chi connectivity index (χ0n) is 15.3. The molecule has 1 amide bonds. The van der Waals surface area contributed by atoms with Crippen molar-refractivity contribution in [1.29, 1.82) is 0 Å². The van der Waals surface area contributed by atoms with E-state index in [-0.39, 0.29) is 17.9 Å². The first-order valence-electron chi connectivity index (χ1n) is 8.54. The number of carboxylic acids is 1. The van der Waals surface area contributed by atoms with Gasteiger partial charge in [-0.1, -0.05) is 31.9 Å². The molecule has 0 heterocycles. The average molecular weight is 529 g/mol. The van der Waals surface area contributed by atoms with Crippen LogP contribution in [0, 0.1) is 0 Å². The summed E-state index contributed by atoms with van der Waals surface area (Å²) < 4.78 is 12.6. The maximum atomic E-state index is 12.5. The third-order valence-corrected chi connectivity index (χ3v) is 4.73. The van der Waals surface area contributed by atoms with Crippen LogP contribution in [0.15, 0.2) is 63.6 Å². The van der Waals surface area contributed by atoms with Gasteiger partial charge in [-0.2, -0.15) is 0 Å². The highest BCUT2D eigenvalue weighted by molar-refractivity contribution is 9.10. The lowest BCUT2D eigenvalue weighted by atomic mass is 10.0. The largest absolute Gasteiger partial charge is 0.508 e. The van der Waals surface area contributed by atoms with Gasteiger partial charge in [0.2, 0.25) is 0 Å². The van der Waals surface area contributed by atoms with E-state index >= 15 is 0 Å². The van der Waals surface area contributed by atoms with Crippen LogP contribution in [-0.4, -0.2) is 35.0 Å². The highest BCUT2D eigenvalue weighted by Crippen LogP contribution is 2.34. The molecular weight excluding hydrogens is 510 g/mol. The van der Waals surface area contributed by atoms with Crippen molar-refractivity contribution in [2.75, 3.05) is 11.9 Å². The van der Waals surface area contributed by atoms with E-state index in [2.05, 4.69) is 37.2 Å². The fraction of sp³-hybridized carbons (Fsp3) is 0.200. The first kappa shape index (κ1) is 22.9. The van der Waals surface area contributed by atoms with Crippen LogP contribution < -0.4 is 5.32 Å². The number of halogens is 2. The summed E-state index contributed by atoms with van der Waals surface area (Å²) in [4.78, 5) is 23.4. The van der Waals surface area contributed by atoms with Crippen molar-refractivity contribution in [3.63, 3.8) is 0 Å². The van der Waals surface area contributed by atoms with Gasteiger partial charge in [0.15, 0.2) is 6.10 Å². The predicted octanol–water partition coefficient (Wildman–Crippen LogP) is 5.25. The van der Waals surface area contributed by atoms with Gasteiger partial charge in [0.25, 0.3) is 0 Å². The Kier molecular flexibility index (Phi) is 8.69. The van der Waals surface area contributed by atoms with Gasteiger partial charge in [0.1, 0.15) is 11.9 Å². The molecule has 154 valence electrons. The molecule has 3 N–H and O–H groups in total. The average Bonchev–Trinajstić information content (AvgIpc) is 2.67. The minimum atomic E-state index is -1.17. The Morgan fingerprint density at radius 1 is 1.14 bits per heavy atom. The van der Waals surface area contributed by atoms with Crippen molar-refractivity contribution in [3.8, 4) is 5.75 Å². The summed E-state index contributed by atoms with van der Waals surface area (Å²) in [6.07, 6.45) is -0.655. The summed E-state index contributed by atoms with van der Waals surface area (Å²) in [6, 6.07) is 11.5. The predicted molar refractivity (Wildman–Crippen MR) is 115 cm³/mol. The lowest BCUT2D eigenvalue weighted by molar-refractivity contribution is -0.131. The second-order valence-corrected chi connectivity index (χ2v) is 7.61. The number of anilines is 1. The molecule has 0 spiro atoms. The Bertz CT molecular complexity index is 885. The van der Waals surface area contributed by atoms with Crippen LogP contribution in [-0.2, 0) is 14.3 Å². The number of carbonyl (C=O) groups excluding carboxylic acids is 1. The molecule has 29 heavy (non-hydrogen) atoms. The zero-order valence-corrected chi connectivity index (χ0v) is 18.5. The van der Waals surface area contributed by atoms with Gasteiger partial charge in [-0.15, -0.1) is 0 Å². The Morgan fingerprint density at radius 2 is 1.79 bits per heavy atom. The third-order valence-electron chi connectivity index (χ3n) is 3.71. The molecule has 7 nitrogen and oxygen atoms in total. The molecule has 0 aliphatic rings. The molecule has 0 saturated heterocycles. The Hall–Kier alpha value is -2.36. The summed E-state index contributed by atoms with van der Waals surface area (Å²) in [5.41, 5.74) is 0.767. The number of phenolic OH excluding ortho intramolecular Hbond substituents is 1. The number of amides is 1. The van der Waals surface area contributed by atoms with E-state index in [0.29, 0.717) is 10.2 Å². The van der Waals surface area contributed by atoms with Crippen molar-refractivity contribution < 1.29 is 29.3 Å². The first-order valence-corrected chi connectivity index (χ1v) is 10.1. The summed E-state index contributed by atoms with van der Waals surface area (Å²) in [6.45, 7) is 1.96. The van der Waals surface area contributed by atoms with E-state index in [4.69, 9.17) is 14.6 Å². The highest BCUT2D eigenvalue weighted by atomic mass is 79.9. The number of phenols is 1. The van der Waals surface area contributed by atoms with Crippen LogP contribution in [0.25, 0.3) is 0 Å². The molecule has 0 saturated carbocycles. The molecule has 2 rings (SSSR count). The topological polar surface area (TPSA) is 105 Å². The molecule has 2 atom stereocenters. The number of carbonyl (C=O) groups is 2. The Balaban J connectivity index is 2.34. The molecule has 0 unspecified atom stereocenters. The van der Waals surface area contributed by atoms with Gasteiger partial charge in [-0.05, 0) is 55.5 Å². The van der Waals surface area contributed by atoms with E-state index < -0.39 is 24.3 Å². The highest BCUT2D eigenvalue weighted by Gasteiger charge is 2.29. The number of nitrogens with one attached hydrogen (secondary N) is 1. The zero-order chi connectivity index (χ0) is 21.4. The fourth-order valence-electron chi connectivity index (χ4n) is 2.47. The molecule has 0 radical (unpaired) electrons. The second kappa shape index (κ2) is 11.0. The number of rotatable bonds is 8. The Morgan fingerprint density at radius 3 is 2.41 bits per heavy atom. The van der Waals surface area contributed by atoms with E-state index in [1.807, 2.05) is 0 Å². The second-order valence-electron chi connectivity index (χ2n) is 5.78. The van der Waals surface area contributed by atoms with Crippen LogP contribution >= 0.6 is 31.9 Å². The number of aromatic hydroxyl groups is 1. The summed E-state index contributed by atoms with van der Waals surface area (Å²) in [5, 5.41) is 21.9. The van der Waals surface area contributed by atoms with Crippen LogP contribution in [0.4, 0.5) is 10.5 Å². The maximum Gasteiger partial charge on any atom is 0.412 e. The summed E-state index contributed by atoms with van der Waals surface area (Å²) >= 11 is 6.63. The molecule has 2 aromatic rings. The molecule has 2 aromatic carbocycles. The van der Waals surface area contributed by atoms with Crippen LogP contribution in [0.3, 0.4) is 0 Å². The van der Waals surface area contributed by atoms with Crippen molar-refractivity contribution in [2.24, 2.45) is 0 Å². The number of aliphatic carboxylic acids is 1. The van der Waals surface area contributed by atoms with Crippen LogP contribution in [0.5, 0.6) is 5.75 Å². The van der Waals surface area contributed by atoms with Gasteiger partial charge in [0.05, 0.1) is 0 Å². The number of ether oxygens (including phenoxy) is 2. The van der Waals surface area contributed by atoms with Gasteiger partial charge in [-0.25, -0.2) is 9.59 Å². The molecule has 0 aliphatic carbocycles. The molecule has 0 fully saturated rings. The summed E-state index contributed by atoms with van der Waals surface area (Å²) in [7, 11) is 0. The number of hydrogen-bond acceptors (Lipinski definition) is 5. The number of benzene rings is 2. The van der Waals surface area contributed by atoms with Crippen LogP contribution in [0.1, 0.15) is 18.6 Å². The van der Waals surface area contributed by atoms with Gasteiger partial charge in [-0.3, -0.25) is 5.32 Å². The smallest absolute Gasteiger partial charge is 0.412 e. The number of hydrogen-bond donors (Lipinski definition) is 3. The standard InChI is InChI=1S/C20H19Br2NO6/c1-2-28-17(9-10-18(25)26)19(15-11-13(22)5-8-16(15)24)29-20(27)23-14-6-3-12(21)4-7-14/h3-11,17,19,24H,2H2,1H3,(H,23,27)(H,25,26)/b10-9+/t17-,19-/m0/s1. The van der Waals surface area contributed by atoms with E-state index in [1.165, 1.54) is 12.1 Å². The number of carboxylic acid groups (broad SMARTS) is 1. The lowest BCUT2D eigenvalue weighted by Gasteiger charge is -2.26. The van der Waals surface area contributed by atoms with Crippen molar-refractivity contribution in [1.82, 2.24) is 0 Å². The SMILES string of the molecule is CCO[C@@H](/C=C/C(=O)O)[C@@H](OC(=O)Nc1ccc(Br)cc1)c1cc(Br)ccc1O. The van der Waals surface area contributed by atoms with Crippen molar-refractivity contribution in [2.45, 2.75) is 19.1 Å². The molecule has 0 aromatic heterocycles. The van der Waals surface area contributed by atoms with Gasteiger partial charge >= 0.3 is 12.1 Å².